The standard InChI is InChI=1S/C17H21BrN2O4/c1-2-3-8-23-14-12-15(22)19-7-4-9-24-16(19)17(5-6-17)20(12)10-11(18)13(14)21/h10,16H,2-9H2,1H3. The predicted octanol–water partition coefficient (Wildman–Crippen LogP) is 2.48. The SMILES string of the molecule is CCCCOc1c2n(cc(Br)c1=O)C1(CC1)C1OCCCN1C2=O. The lowest BCUT2D eigenvalue weighted by Gasteiger charge is -2.46. The molecule has 1 aliphatic carbocycles. The summed E-state index contributed by atoms with van der Waals surface area (Å²) in [5.74, 6) is 0.0199. The van der Waals surface area contributed by atoms with E-state index in [2.05, 4.69) is 22.9 Å². The lowest BCUT2D eigenvalue weighted by atomic mass is 10.0. The molecule has 1 unspecified atom stereocenters. The average molecular weight is 397 g/mol. The van der Waals surface area contributed by atoms with Crippen molar-refractivity contribution in [1.82, 2.24) is 9.47 Å². The van der Waals surface area contributed by atoms with Crippen molar-refractivity contribution in [2.75, 3.05) is 19.8 Å². The molecule has 1 aromatic heterocycles. The molecule has 24 heavy (non-hydrogen) atoms. The fraction of sp³-hybridized carbons (Fsp3) is 0.647. The minimum Gasteiger partial charge on any atom is -0.487 e. The summed E-state index contributed by atoms with van der Waals surface area (Å²) in [4.78, 5) is 27.4. The number of carbonyl (C=O) groups excluding carboxylic acids is 1. The first-order valence-electron chi connectivity index (χ1n) is 8.61. The van der Waals surface area contributed by atoms with Gasteiger partial charge in [0, 0.05) is 12.7 Å². The van der Waals surface area contributed by atoms with E-state index in [1.807, 2.05) is 4.57 Å². The van der Waals surface area contributed by atoms with Gasteiger partial charge in [-0.15, -0.1) is 0 Å². The van der Waals surface area contributed by atoms with Crippen LogP contribution in [0.25, 0.3) is 0 Å². The fourth-order valence-electron chi connectivity index (χ4n) is 3.73. The second-order valence-corrected chi connectivity index (χ2v) is 7.59. The first kappa shape index (κ1) is 16.1. The molecule has 0 radical (unpaired) electrons. The first-order chi connectivity index (χ1) is 11.6. The van der Waals surface area contributed by atoms with Crippen molar-refractivity contribution in [1.29, 1.82) is 0 Å². The first-order valence-corrected chi connectivity index (χ1v) is 9.40. The van der Waals surface area contributed by atoms with E-state index < -0.39 is 0 Å². The highest BCUT2D eigenvalue weighted by atomic mass is 79.9. The number of hydrogen-bond donors (Lipinski definition) is 0. The van der Waals surface area contributed by atoms with E-state index >= 15 is 0 Å². The van der Waals surface area contributed by atoms with Crippen LogP contribution in [0.4, 0.5) is 0 Å². The summed E-state index contributed by atoms with van der Waals surface area (Å²) in [6, 6.07) is 0. The molecule has 130 valence electrons. The second-order valence-electron chi connectivity index (χ2n) is 6.73. The van der Waals surface area contributed by atoms with Crippen LogP contribution in [-0.2, 0) is 10.3 Å². The van der Waals surface area contributed by atoms with Crippen molar-refractivity contribution in [3.8, 4) is 5.75 Å². The minimum absolute atomic E-state index is 0.159. The van der Waals surface area contributed by atoms with Gasteiger partial charge in [-0.3, -0.25) is 9.59 Å². The number of amides is 1. The van der Waals surface area contributed by atoms with Gasteiger partial charge in [0.1, 0.15) is 0 Å². The van der Waals surface area contributed by atoms with Crippen LogP contribution in [0.3, 0.4) is 0 Å². The number of halogens is 1. The average Bonchev–Trinajstić information content (AvgIpc) is 3.38. The summed E-state index contributed by atoms with van der Waals surface area (Å²) < 4.78 is 14.1. The third-order valence-corrected chi connectivity index (χ3v) is 5.70. The van der Waals surface area contributed by atoms with Crippen molar-refractivity contribution < 1.29 is 14.3 Å². The van der Waals surface area contributed by atoms with Gasteiger partial charge in [0.25, 0.3) is 5.91 Å². The van der Waals surface area contributed by atoms with Crippen molar-refractivity contribution in [3.05, 3.63) is 26.6 Å². The van der Waals surface area contributed by atoms with E-state index in [1.165, 1.54) is 0 Å². The van der Waals surface area contributed by atoms with Crippen LogP contribution in [0.2, 0.25) is 0 Å². The number of pyridine rings is 1. The molecule has 1 atom stereocenters. The van der Waals surface area contributed by atoms with Crippen molar-refractivity contribution in [3.63, 3.8) is 0 Å². The Kier molecular flexibility index (Phi) is 3.95. The Labute approximate surface area is 148 Å². The summed E-state index contributed by atoms with van der Waals surface area (Å²) >= 11 is 3.34. The number of hydrogen-bond acceptors (Lipinski definition) is 4. The largest absolute Gasteiger partial charge is 0.487 e. The molecule has 0 aromatic carbocycles. The number of ether oxygens (including phenoxy) is 2. The zero-order chi connectivity index (χ0) is 16.9. The number of carbonyl (C=O) groups is 1. The van der Waals surface area contributed by atoms with Gasteiger partial charge in [0.05, 0.1) is 23.2 Å². The quantitative estimate of drug-likeness (QED) is 0.733. The summed E-state index contributed by atoms with van der Waals surface area (Å²) in [6.07, 6.45) is 6.04. The molecule has 3 heterocycles. The number of unbranched alkanes of at least 4 members (excludes halogenated alkanes) is 1. The normalized spacial score (nSPS) is 23.8. The molecule has 3 aliphatic rings. The Morgan fingerprint density at radius 3 is 2.92 bits per heavy atom. The Morgan fingerprint density at radius 2 is 2.21 bits per heavy atom. The van der Waals surface area contributed by atoms with E-state index in [0.29, 0.717) is 29.9 Å². The lowest BCUT2D eigenvalue weighted by Crippen LogP contribution is -2.59. The van der Waals surface area contributed by atoms with Gasteiger partial charge < -0.3 is 18.9 Å². The maximum Gasteiger partial charge on any atom is 0.276 e. The van der Waals surface area contributed by atoms with Crippen LogP contribution >= 0.6 is 15.9 Å². The van der Waals surface area contributed by atoms with Crippen LogP contribution in [0.1, 0.15) is 49.5 Å². The topological polar surface area (TPSA) is 60.8 Å². The molecule has 0 bridgehead atoms. The molecule has 6 nitrogen and oxygen atoms in total. The van der Waals surface area contributed by atoms with E-state index in [0.717, 1.165) is 32.1 Å². The van der Waals surface area contributed by atoms with Crippen LogP contribution in [0.5, 0.6) is 5.75 Å². The highest BCUT2D eigenvalue weighted by Gasteiger charge is 2.60. The van der Waals surface area contributed by atoms with Crippen LogP contribution < -0.4 is 10.2 Å². The van der Waals surface area contributed by atoms with Crippen molar-refractivity contribution >= 4 is 21.8 Å². The Balaban J connectivity index is 1.86. The van der Waals surface area contributed by atoms with Crippen LogP contribution in [0, 0.1) is 0 Å². The highest BCUT2D eigenvalue weighted by molar-refractivity contribution is 9.10. The summed E-state index contributed by atoms with van der Waals surface area (Å²) in [6.45, 7) is 3.85. The molecule has 1 amide bonds. The molecule has 2 aliphatic heterocycles. The van der Waals surface area contributed by atoms with Gasteiger partial charge in [-0.25, -0.2) is 0 Å². The molecule has 0 N–H and O–H groups in total. The molecule has 1 saturated heterocycles. The van der Waals surface area contributed by atoms with Gasteiger partial charge in [-0.2, -0.15) is 0 Å². The van der Waals surface area contributed by atoms with Gasteiger partial charge in [-0.1, -0.05) is 13.3 Å². The van der Waals surface area contributed by atoms with Gasteiger partial charge in [-0.05, 0) is 41.6 Å². The molecular weight excluding hydrogens is 376 g/mol. The molecule has 4 rings (SSSR count). The van der Waals surface area contributed by atoms with Gasteiger partial charge in [0.15, 0.2) is 17.7 Å². The minimum atomic E-state index is -0.252. The maximum atomic E-state index is 13.1. The zero-order valence-corrected chi connectivity index (χ0v) is 15.3. The van der Waals surface area contributed by atoms with Crippen molar-refractivity contribution in [2.45, 2.75) is 50.8 Å². The number of rotatable bonds is 4. The number of aromatic nitrogens is 1. The predicted molar refractivity (Wildman–Crippen MR) is 91.4 cm³/mol. The third-order valence-electron chi connectivity index (χ3n) is 5.13. The summed E-state index contributed by atoms with van der Waals surface area (Å²) in [7, 11) is 0. The van der Waals surface area contributed by atoms with E-state index in [9.17, 15) is 9.59 Å². The third kappa shape index (κ3) is 2.24. The Hall–Kier alpha value is -1.34. The molecular formula is C17H21BrN2O4. The summed E-state index contributed by atoms with van der Waals surface area (Å²) in [5, 5.41) is 0. The monoisotopic (exact) mass is 396 g/mol. The lowest BCUT2D eigenvalue weighted by molar-refractivity contribution is -0.120. The fourth-order valence-corrected chi connectivity index (χ4v) is 4.11. The zero-order valence-electron chi connectivity index (χ0n) is 13.7. The van der Waals surface area contributed by atoms with E-state index in [1.54, 1.807) is 11.1 Å². The molecule has 1 saturated carbocycles. The van der Waals surface area contributed by atoms with E-state index in [4.69, 9.17) is 9.47 Å². The van der Waals surface area contributed by atoms with Crippen LogP contribution in [0.15, 0.2) is 15.5 Å². The molecule has 7 heteroatoms. The van der Waals surface area contributed by atoms with Gasteiger partial charge in [0.2, 0.25) is 5.43 Å². The molecule has 1 spiro atoms. The van der Waals surface area contributed by atoms with E-state index in [-0.39, 0.29) is 28.9 Å². The Bertz CT molecular complexity index is 741. The van der Waals surface area contributed by atoms with Crippen molar-refractivity contribution in [2.24, 2.45) is 0 Å². The number of nitrogens with zero attached hydrogens (tertiary/aromatic N) is 2. The smallest absolute Gasteiger partial charge is 0.276 e. The highest BCUT2D eigenvalue weighted by Crippen LogP contribution is 2.53. The number of fused-ring (bicyclic) bond motifs is 4. The van der Waals surface area contributed by atoms with Gasteiger partial charge >= 0.3 is 0 Å². The summed E-state index contributed by atoms with van der Waals surface area (Å²) in [5.41, 5.74) is -0.112. The Morgan fingerprint density at radius 1 is 1.42 bits per heavy atom. The van der Waals surface area contributed by atoms with Crippen LogP contribution in [-0.4, -0.2) is 41.4 Å². The molecule has 2 fully saturated rings. The second kappa shape index (κ2) is 5.88. The maximum absolute atomic E-state index is 13.1. The molecule has 1 aromatic rings.